The molecule has 0 aromatic heterocycles. The Balaban J connectivity index is 1.57. The van der Waals surface area contributed by atoms with Crippen molar-refractivity contribution in [2.24, 2.45) is 10.5 Å². The van der Waals surface area contributed by atoms with E-state index in [1.54, 1.807) is 31.4 Å². The summed E-state index contributed by atoms with van der Waals surface area (Å²) in [4.78, 5) is 18.2. The minimum absolute atomic E-state index is 0.00673. The largest absolute Gasteiger partial charge is 0.497 e. The lowest BCUT2D eigenvalue weighted by Crippen LogP contribution is -2.46. The first-order valence-electron chi connectivity index (χ1n) is 11.9. The summed E-state index contributed by atoms with van der Waals surface area (Å²) in [7, 11) is -2.19. The predicted molar refractivity (Wildman–Crippen MR) is 135 cm³/mol. The lowest BCUT2D eigenvalue weighted by molar-refractivity contribution is -0.118. The highest BCUT2D eigenvalue weighted by Crippen LogP contribution is 2.48. The molecule has 0 saturated carbocycles. The fourth-order valence-corrected chi connectivity index (χ4v) is 6.32. The van der Waals surface area contributed by atoms with Crippen LogP contribution in [-0.4, -0.2) is 38.5 Å². The molecule has 0 bridgehead atoms. The number of carbonyl (C=O) groups is 1. The van der Waals surface area contributed by atoms with Gasteiger partial charge in [0.15, 0.2) is 5.78 Å². The van der Waals surface area contributed by atoms with Crippen LogP contribution in [0.25, 0.3) is 0 Å². The highest BCUT2D eigenvalue weighted by Gasteiger charge is 2.44. The average molecular weight is 494 g/mol. The van der Waals surface area contributed by atoms with Gasteiger partial charge in [0.1, 0.15) is 5.75 Å². The van der Waals surface area contributed by atoms with Gasteiger partial charge < -0.3 is 9.64 Å². The monoisotopic (exact) mass is 493 g/mol. The van der Waals surface area contributed by atoms with Crippen molar-refractivity contribution in [2.75, 3.05) is 13.7 Å². The molecule has 2 aliphatic heterocycles. The molecular weight excluding hydrogens is 462 g/mol. The average Bonchev–Trinajstić information content (AvgIpc) is 2.81. The molecule has 0 saturated heterocycles. The Bertz CT molecular complexity index is 1360. The van der Waals surface area contributed by atoms with Crippen molar-refractivity contribution in [1.82, 2.24) is 9.73 Å². The summed E-state index contributed by atoms with van der Waals surface area (Å²) in [6.07, 6.45) is 2.49. The van der Waals surface area contributed by atoms with Crippen LogP contribution in [0.3, 0.4) is 0 Å². The molecule has 0 amide bonds. The van der Waals surface area contributed by atoms with Crippen LogP contribution >= 0.6 is 0 Å². The lowest BCUT2D eigenvalue weighted by atomic mass is 9.71. The summed E-state index contributed by atoms with van der Waals surface area (Å²) in [5, 5.41) is 4.38. The molecule has 0 radical (unpaired) electrons. The third-order valence-corrected chi connectivity index (χ3v) is 8.44. The van der Waals surface area contributed by atoms with E-state index in [4.69, 9.17) is 4.74 Å². The summed E-state index contributed by atoms with van der Waals surface area (Å²) >= 11 is 0. The van der Waals surface area contributed by atoms with Crippen molar-refractivity contribution in [3.63, 3.8) is 0 Å². The number of ketones is 1. The molecule has 7 nitrogen and oxygen atoms in total. The summed E-state index contributed by atoms with van der Waals surface area (Å²) in [6, 6.07) is 12.7. The van der Waals surface area contributed by atoms with Gasteiger partial charge in [-0.2, -0.15) is 18.4 Å². The van der Waals surface area contributed by atoms with Gasteiger partial charge in [0.25, 0.3) is 10.0 Å². The van der Waals surface area contributed by atoms with Crippen LogP contribution in [0, 0.1) is 12.3 Å². The third-order valence-electron chi connectivity index (χ3n) is 7.21. The standard InChI is InChI=1S/C27H31N3O4S/c1-17-5-8-20(9-6-17)35(32,33)29-28-22-14-23-21-10-7-19(34-4)13-18(21)11-12-30(23)24-15-27(2,3)16-25(31)26(22)24/h5-10,13,23,29H,11-12,14-16H2,1-4H3/b28-22-/t23-/m1/s1. The molecule has 0 spiro atoms. The van der Waals surface area contributed by atoms with Crippen LogP contribution in [0.4, 0.5) is 0 Å². The van der Waals surface area contributed by atoms with Gasteiger partial charge in [-0.3, -0.25) is 4.79 Å². The number of Topliss-reactive ketones (excluding diaryl/α,β-unsaturated/α-hetero) is 1. The van der Waals surface area contributed by atoms with E-state index >= 15 is 0 Å². The first kappa shape index (κ1) is 23.6. The Kier molecular flexibility index (Phi) is 5.74. The van der Waals surface area contributed by atoms with Crippen molar-refractivity contribution >= 4 is 21.5 Å². The van der Waals surface area contributed by atoms with Crippen molar-refractivity contribution in [3.05, 3.63) is 70.4 Å². The maximum Gasteiger partial charge on any atom is 0.276 e. The lowest BCUT2D eigenvalue weighted by Gasteiger charge is -2.48. The fourth-order valence-electron chi connectivity index (χ4n) is 5.49. The smallest absolute Gasteiger partial charge is 0.276 e. The molecule has 8 heteroatoms. The number of fused-ring (bicyclic) bond motifs is 4. The summed E-state index contributed by atoms with van der Waals surface area (Å²) in [5.74, 6) is 0.852. The third kappa shape index (κ3) is 4.35. The fraction of sp³-hybridized carbons (Fsp3) is 0.407. The van der Waals surface area contributed by atoms with Gasteiger partial charge in [0.05, 0.1) is 29.3 Å². The minimum atomic E-state index is -3.85. The molecule has 2 aromatic rings. The van der Waals surface area contributed by atoms with Crippen molar-refractivity contribution in [2.45, 2.75) is 57.4 Å². The van der Waals surface area contributed by atoms with Crippen LogP contribution in [0.1, 0.15) is 55.8 Å². The number of rotatable bonds is 4. The van der Waals surface area contributed by atoms with Gasteiger partial charge in [-0.15, -0.1) is 0 Å². The van der Waals surface area contributed by atoms with Crippen LogP contribution in [0.15, 0.2) is 63.7 Å². The number of allylic oxidation sites excluding steroid dienone is 2. The number of nitrogens with zero attached hydrogens (tertiary/aromatic N) is 2. The molecule has 0 unspecified atom stereocenters. The van der Waals surface area contributed by atoms with E-state index in [0.717, 1.165) is 36.4 Å². The first-order valence-corrected chi connectivity index (χ1v) is 13.4. The summed E-state index contributed by atoms with van der Waals surface area (Å²) in [6.45, 7) is 6.92. The molecule has 0 fully saturated rings. The Morgan fingerprint density at radius 1 is 1.11 bits per heavy atom. The van der Waals surface area contributed by atoms with Crippen molar-refractivity contribution < 1.29 is 17.9 Å². The zero-order valence-electron chi connectivity index (χ0n) is 20.6. The zero-order chi connectivity index (χ0) is 25.0. The molecule has 3 aliphatic rings. The quantitative estimate of drug-likeness (QED) is 0.642. The highest BCUT2D eigenvalue weighted by molar-refractivity contribution is 7.89. The van der Waals surface area contributed by atoms with Crippen molar-refractivity contribution in [1.29, 1.82) is 0 Å². The molecule has 35 heavy (non-hydrogen) atoms. The van der Waals surface area contributed by atoms with Gasteiger partial charge in [0, 0.05) is 25.1 Å². The number of hydrogen-bond donors (Lipinski definition) is 1. The molecule has 1 N–H and O–H groups in total. The van der Waals surface area contributed by atoms with Gasteiger partial charge in [-0.1, -0.05) is 37.6 Å². The molecular formula is C27H31N3O4S. The Labute approximate surface area is 206 Å². The number of nitrogens with one attached hydrogen (secondary N) is 1. The summed E-state index contributed by atoms with van der Waals surface area (Å²) < 4.78 is 31.3. The number of sulfonamides is 1. The van der Waals surface area contributed by atoms with Gasteiger partial charge in [0.2, 0.25) is 0 Å². The number of aryl methyl sites for hydroxylation is 1. The number of hydrogen-bond acceptors (Lipinski definition) is 6. The van der Waals surface area contributed by atoms with Gasteiger partial charge >= 0.3 is 0 Å². The second kappa shape index (κ2) is 8.52. The van der Waals surface area contributed by atoms with Crippen molar-refractivity contribution in [3.8, 4) is 5.75 Å². The van der Waals surface area contributed by atoms with E-state index in [1.807, 2.05) is 13.0 Å². The minimum Gasteiger partial charge on any atom is -0.497 e. The van der Waals surface area contributed by atoms with Gasteiger partial charge in [-0.25, -0.2) is 0 Å². The molecule has 1 aliphatic carbocycles. The number of carbonyl (C=O) groups excluding carboxylic acids is 1. The van der Waals surface area contributed by atoms with Crippen LogP contribution < -0.4 is 9.57 Å². The zero-order valence-corrected chi connectivity index (χ0v) is 21.4. The number of benzene rings is 2. The Morgan fingerprint density at radius 2 is 1.86 bits per heavy atom. The number of ether oxygens (including phenoxy) is 1. The molecule has 184 valence electrons. The summed E-state index contributed by atoms with van der Waals surface area (Å²) in [5.41, 5.74) is 5.29. The number of methoxy groups -OCH3 is 1. The van der Waals surface area contributed by atoms with E-state index in [0.29, 0.717) is 24.1 Å². The maximum atomic E-state index is 13.3. The van der Waals surface area contributed by atoms with Gasteiger partial charge in [-0.05, 0) is 60.6 Å². The van der Waals surface area contributed by atoms with E-state index in [2.05, 4.69) is 40.8 Å². The normalized spacial score (nSPS) is 22.4. The van der Waals surface area contributed by atoms with E-state index in [1.165, 1.54) is 11.1 Å². The second-order valence-corrected chi connectivity index (χ2v) is 12.1. The molecule has 2 heterocycles. The molecule has 1 atom stereocenters. The predicted octanol–water partition coefficient (Wildman–Crippen LogP) is 4.28. The van der Waals surface area contributed by atoms with Crippen LogP contribution in [0.5, 0.6) is 5.75 Å². The second-order valence-electron chi connectivity index (χ2n) is 10.5. The number of hydrazone groups is 1. The van der Waals surface area contributed by atoms with E-state index < -0.39 is 10.0 Å². The Hall–Kier alpha value is -3.13. The Morgan fingerprint density at radius 3 is 2.57 bits per heavy atom. The SMILES string of the molecule is COc1ccc2c(c1)CCN1C3=C(C(=O)CC(C)(C)C3)/C(=N\NS(=O)(=O)c3ccc(C)cc3)C[C@H]21. The van der Waals surface area contributed by atoms with Crippen LogP contribution in [0.2, 0.25) is 0 Å². The molecule has 5 rings (SSSR count). The topological polar surface area (TPSA) is 88.1 Å². The highest BCUT2D eigenvalue weighted by atomic mass is 32.2. The first-order chi connectivity index (χ1) is 16.6. The molecule has 2 aromatic carbocycles. The maximum absolute atomic E-state index is 13.3. The van der Waals surface area contributed by atoms with E-state index in [-0.39, 0.29) is 22.1 Å². The van der Waals surface area contributed by atoms with E-state index in [9.17, 15) is 13.2 Å². The van der Waals surface area contributed by atoms with Crippen LogP contribution in [-0.2, 0) is 21.2 Å².